The second-order valence-electron chi connectivity index (χ2n) is 6.92. The summed E-state index contributed by atoms with van der Waals surface area (Å²) in [6.45, 7) is 12.4. The first kappa shape index (κ1) is 20.7. The largest absolute Gasteiger partial charge is 0.491 e. The van der Waals surface area contributed by atoms with Crippen molar-refractivity contribution in [2.45, 2.75) is 26.9 Å². The summed E-state index contributed by atoms with van der Waals surface area (Å²) in [7, 11) is 0. The zero-order chi connectivity index (χ0) is 18.9. The Morgan fingerprint density at radius 1 is 1.12 bits per heavy atom. The van der Waals surface area contributed by atoms with E-state index in [2.05, 4.69) is 9.80 Å². The molecule has 1 aliphatic heterocycles. The Labute approximate surface area is 157 Å². The number of aliphatic hydroxyl groups is 1. The zero-order valence-electron chi connectivity index (χ0n) is 16.4. The van der Waals surface area contributed by atoms with Crippen molar-refractivity contribution in [1.29, 1.82) is 0 Å². The standard InChI is InChI=1S/C20H33N3O3/c1-4-23(5-2)20(25)15-22-12-10-21(11-13-22)14-18(24)16-26-19-8-6-17(3)7-9-19/h6-9,18,24H,4-5,10-16H2,1-3H3. The van der Waals surface area contributed by atoms with Crippen molar-refractivity contribution in [3.05, 3.63) is 29.8 Å². The van der Waals surface area contributed by atoms with Gasteiger partial charge in [-0.2, -0.15) is 0 Å². The predicted octanol–water partition coefficient (Wildman–Crippen LogP) is 1.22. The Kier molecular flexibility index (Phi) is 8.35. The van der Waals surface area contributed by atoms with E-state index < -0.39 is 6.10 Å². The number of aryl methyl sites for hydroxylation is 1. The minimum Gasteiger partial charge on any atom is -0.491 e. The molecule has 1 aromatic rings. The van der Waals surface area contributed by atoms with Gasteiger partial charge in [0.15, 0.2) is 0 Å². The van der Waals surface area contributed by atoms with Crippen LogP contribution in [0.25, 0.3) is 0 Å². The first-order chi connectivity index (χ1) is 12.5. The molecule has 6 nitrogen and oxygen atoms in total. The average Bonchev–Trinajstić information content (AvgIpc) is 2.64. The number of rotatable bonds is 9. The first-order valence-electron chi connectivity index (χ1n) is 9.61. The summed E-state index contributed by atoms with van der Waals surface area (Å²) in [5.74, 6) is 0.990. The number of hydrogen-bond donors (Lipinski definition) is 1. The Hall–Kier alpha value is -1.63. The molecule has 1 atom stereocenters. The third-order valence-electron chi connectivity index (χ3n) is 4.87. The zero-order valence-corrected chi connectivity index (χ0v) is 16.4. The molecule has 1 saturated heterocycles. The number of benzene rings is 1. The van der Waals surface area contributed by atoms with Crippen LogP contribution in [0.1, 0.15) is 19.4 Å². The van der Waals surface area contributed by atoms with Crippen molar-refractivity contribution < 1.29 is 14.6 Å². The molecular formula is C20H33N3O3. The van der Waals surface area contributed by atoms with Crippen LogP contribution in [0.2, 0.25) is 0 Å². The Bertz CT molecular complexity index is 538. The van der Waals surface area contributed by atoms with Gasteiger partial charge in [-0.15, -0.1) is 0 Å². The number of nitrogens with zero attached hydrogens (tertiary/aromatic N) is 3. The molecule has 6 heteroatoms. The van der Waals surface area contributed by atoms with E-state index in [9.17, 15) is 9.90 Å². The number of piperazine rings is 1. The lowest BCUT2D eigenvalue weighted by molar-refractivity contribution is -0.132. The molecule has 0 aromatic heterocycles. The minimum absolute atomic E-state index is 0.204. The topological polar surface area (TPSA) is 56.3 Å². The van der Waals surface area contributed by atoms with Gasteiger partial charge in [0.05, 0.1) is 6.54 Å². The average molecular weight is 364 g/mol. The maximum atomic E-state index is 12.2. The fourth-order valence-electron chi connectivity index (χ4n) is 3.18. The molecule has 146 valence electrons. The molecule has 26 heavy (non-hydrogen) atoms. The summed E-state index contributed by atoms with van der Waals surface area (Å²) in [4.78, 5) is 18.5. The Morgan fingerprint density at radius 2 is 1.69 bits per heavy atom. The van der Waals surface area contributed by atoms with Gasteiger partial charge in [0.25, 0.3) is 0 Å². The van der Waals surface area contributed by atoms with Crippen LogP contribution in [-0.2, 0) is 4.79 Å². The number of likely N-dealkylation sites (N-methyl/N-ethyl adjacent to an activating group) is 1. The van der Waals surface area contributed by atoms with Crippen molar-refractivity contribution in [2.24, 2.45) is 0 Å². The van der Waals surface area contributed by atoms with Gasteiger partial charge in [0.1, 0.15) is 18.5 Å². The van der Waals surface area contributed by atoms with Gasteiger partial charge >= 0.3 is 0 Å². The van der Waals surface area contributed by atoms with E-state index >= 15 is 0 Å². The molecule has 0 aliphatic carbocycles. The van der Waals surface area contributed by atoms with Gasteiger partial charge in [0.2, 0.25) is 5.91 Å². The lowest BCUT2D eigenvalue weighted by atomic mass is 10.2. The number of hydrogen-bond acceptors (Lipinski definition) is 5. The number of amides is 1. The molecule has 1 aromatic carbocycles. The summed E-state index contributed by atoms with van der Waals surface area (Å²) in [5.41, 5.74) is 1.19. The summed E-state index contributed by atoms with van der Waals surface area (Å²) in [6, 6.07) is 7.85. The third kappa shape index (κ3) is 6.59. The van der Waals surface area contributed by atoms with Crippen molar-refractivity contribution in [2.75, 3.05) is 59.0 Å². The smallest absolute Gasteiger partial charge is 0.236 e. The number of ether oxygens (including phenoxy) is 1. The van der Waals surface area contributed by atoms with Gasteiger partial charge in [-0.1, -0.05) is 17.7 Å². The fraction of sp³-hybridized carbons (Fsp3) is 0.650. The molecule has 1 unspecified atom stereocenters. The predicted molar refractivity (Wildman–Crippen MR) is 103 cm³/mol. The molecule has 1 fully saturated rings. The second-order valence-corrected chi connectivity index (χ2v) is 6.92. The van der Waals surface area contributed by atoms with E-state index in [4.69, 9.17) is 4.74 Å². The van der Waals surface area contributed by atoms with E-state index in [0.717, 1.165) is 45.0 Å². The highest BCUT2D eigenvalue weighted by atomic mass is 16.5. The molecule has 0 bridgehead atoms. The lowest BCUT2D eigenvalue weighted by Gasteiger charge is -2.36. The van der Waals surface area contributed by atoms with Crippen LogP contribution in [0.3, 0.4) is 0 Å². The summed E-state index contributed by atoms with van der Waals surface area (Å²) in [5, 5.41) is 10.2. The minimum atomic E-state index is -0.514. The Balaban J connectivity index is 1.66. The van der Waals surface area contributed by atoms with Crippen molar-refractivity contribution in [3.63, 3.8) is 0 Å². The number of aliphatic hydroxyl groups excluding tert-OH is 1. The first-order valence-corrected chi connectivity index (χ1v) is 9.61. The van der Waals surface area contributed by atoms with Crippen LogP contribution in [0.5, 0.6) is 5.75 Å². The molecule has 1 N–H and O–H groups in total. The highest BCUT2D eigenvalue weighted by molar-refractivity contribution is 5.78. The van der Waals surface area contributed by atoms with Crippen molar-refractivity contribution in [1.82, 2.24) is 14.7 Å². The van der Waals surface area contributed by atoms with Crippen molar-refractivity contribution in [3.8, 4) is 5.75 Å². The molecule has 1 heterocycles. The van der Waals surface area contributed by atoms with Gasteiger partial charge < -0.3 is 14.7 Å². The lowest BCUT2D eigenvalue weighted by Crippen LogP contribution is -2.51. The fourth-order valence-corrected chi connectivity index (χ4v) is 3.18. The van der Waals surface area contributed by atoms with E-state index in [-0.39, 0.29) is 5.91 Å². The van der Waals surface area contributed by atoms with E-state index in [0.29, 0.717) is 19.7 Å². The van der Waals surface area contributed by atoms with Crippen LogP contribution in [0.15, 0.2) is 24.3 Å². The maximum absolute atomic E-state index is 12.2. The molecule has 2 rings (SSSR count). The van der Waals surface area contributed by atoms with Gasteiger partial charge in [-0.3, -0.25) is 14.6 Å². The SMILES string of the molecule is CCN(CC)C(=O)CN1CCN(CC(O)COc2ccc(C)cc2)CC1. The molecule has 0 saturated carbocycles. The summed E-state index contributed by atoms with van der Waals surface area (Å²) >= 11 is 0. The monoisotopic (exact) mass is 363 g/mol. The normalized spacial score (nSPS) is 17.1. The number of carbonyl (C=O) groups excluding carboxylic acids is 1. The molecular weight excluding hydrogens is 330 g/mol. The number of carbonyl (C=O) groups is 1. The van der Waals surface area contributed by atoms with Crippen LogP contribution in [0, 0.1) is 6.92 Å². The van der Waals surface area contributed by atoms with Crippen molar-refractivity contribution >= 4 is 5.91 Å². The number of β-amino-alcohol motifs (C(OH)–C–C–N with tert-alkyl or cyclic N) is 1. The van der Waals surface area contributed by atoms with Gasteiger partial charge in [-0.25, -0.2) is 0 Å². The van der Waals surface area contributed by atoms with Gasteiger partial charge in [0, 0.05) is 45.8 Å². The third-order valence-corrected chi connectivity index (χ3v) is 4.87. The summed E-state index contributed by atoms with van der Waals surface area (Å²) < 4.78 is 5.65. The highest BCUT2D eigenvalue weighted by Crippen LogP contribution is 2.12. The molecule has 1 aliphatic rings. The Morgan fingerprint density at radius 3 is 2.27 bits per heavy atom. The quantitative estimate of drug-likeness (QED) is 0.715. The molecule has 1 amide bonds. The van der Waals surface area contributed by atoms with Crippen LogP contribution >= 0.6 is 0 Å². The van der Waals surface area contributed by atoms with E-state index in [1.54, 1.807) is 0 Å². The van der Waals surface area contributed by atoms with Crippen LogP contribution in [-0.4, -0.2) is 90.8 Å². The maximum Gasteiger partial charge on any atom is 0.236 e. The van der Waals surface area contributed by atoms with Gasteiger partial charge in [-0.05, 0) is 32.9 Å². The molecule has 0 spiro atoms. The van der Waals surface area contributed by atoms with Crippen LogP contribution in [0.4, 0.5) is 0 Å². The molecule has 0 radical (unpaired) electrons. The van der Waals surface area contributed by atoms with Crippen LogP contribution < -0.4 is 4.74 Å². The van der Waals surface area contributed by atoms with E-state index in [1.807, 2.05) is 49.9 Å². The highest BCUT2D eigenvalue weighted by Gasteiger charge is 2.22. The van der Waals surface area contributed by atoms with E-state index in [1.165, 1.54) is 5.56 Å². The second kappa shape index (κ2) is 10.5. The summed E-state index contributed by atoms with van der Waals surface area (Å²) in [6.07, 6.45) is -0.514.